The van der Waals surface area contributed by atoms with E-state index in [9.17, 15) is 0 Å². The van der Waals surface area contributed by atoms with Gasteiger partial charge in [-0.3, -0.25) is 0 Å². The van der Waals surface area contributed by atoms with Gasteiger partial charge in [0, 0.05) is 11.6 Å². The third kappa shape index (κ3) is 1.47. The van der Waals surface area contributed by atoms with Gasteiger partial charge in [0.25, 0.3) is 0 Å². The van der Waals surface area contributed by atoms with E-state index in [-0.39, 0.29) is 0 Å². The van der Waals surface area contributed by atoms with Gasteiger partial charge in [0.15, 0.2) is 5.65 Å². The molecule has 4 heteroatoms. The van der Waals surface area contributed by atoms with Crippen LogP contribution in [0.15, 0.2) is 18.5 Å². The van der Waals surface area contributed by atoms with Gasteiger partial charge >= 0.3 is 0 Å². The van der Waals surface area contributed by atoms with Gasteiger partial charge < -0.3 is 0 Å². The Kier molecular flexibility index (Phi) is 2.06. The summed E-state index contributed by atoms with van der Waals surface area (Å²) >= 11 is 5.95. The maximum atomic E-state index is 5.95. The predicted molar refractivity (Wildman–Crippen MR) is 58.9 cm³/mol. The van der Waals surface area contributed by atoms with Gasteiger partial charge in [0.2, 0.25) is 0 Å². The highest BCUT2D eigenvalue weighted by atomic mass is 35.5. The lowest BCUT2D eigenvalue weighted by Gasteiger charge is -2.24. The molecule has 0 N–H and O–H groups in total. The molecule has 0 spiro atoms. The number of fused-ring (bicyclic) bond motifs is 1. The van der Waals surface area contributed by atoms with E-state index >= 15 is 0 Å². The van der Waals surface area contributed by atoms with Crippen molar-refractivity contribution >= 4 is 22.6 Å². The number of nitrogens with zero attached hydrogens (tertiary/aromatic N) is 3. The van der Waals surface area contributed by atoms with Crippen LogP contribution in [0.3, 0.4) is 0 Å². The number of aromatic nitrogens is 3. The van der Waals surface area contributed by atoms with Gasteiger partial charge in [0.05, 0.1) is 5.39 Å². The zero-order valence-corrected chi connectivity index (χ0v) is 8.91. The van der Waals surface area contributed by atoms with Crippen LogP contribution >= 0.6 is 11.6 Å². The predicted octanol–water partition coefficient (Wildman–Crippen LogP) is 2.95. The fourth-order valence-corrected chi connectivity index (χ4v) is 2.05. The van der Waals surface area contributed by atoms with Crippen LogP contribution in [-0.2, 0) is 0 Å². The second-order valence-corrected chi connectivity index (χ2v) is 4.26. The molecule has 2 heterocycles. The van der Waals surface area contributed by atoms with Gasteiger partial charge in [-0.15, -0.1) is 0 Å². The summed E-state index contributed by atoms with van der Waals surface area (Å²) in [7, 11) is 0. The van der Waals surface area contributed by atoms with Crippen LogP contribution in [0, 0.1) is 0 Å². The van der Waals surface area contributed by atoms with E-state index in [1.54, 1.807) is 0 Å². The summed E-state index contributed by atoms with van der Waals surface area (Å²) in [4.78, 5) is 12.6. The number of halogens is 1. The minimum atomic E-state index is 0.479. The lowest BCUT2D eigenvalue weighted by Crippen LogP contribution is -2.10. The SMILES string of the molecule is Clc1ncnc2nc(C3CCC3)ccc12. The van der Waals surface area contributed by atoms with Crippen molar-refractivity contribution in [2.24, 2.45) is 0 Å². The molecule has 1 aliphatic rings. The van der Waals surface area contributed by atoms with E-state index in [2.05, 4.69) is 15.0 Å². The normalized spacial score (nSPS) is 16.6. The van der Waals surface area contributed by atoms with Crippen LogP contribution in [0.4, 0.5) is 0 Å². The van der Waals surface area contributed by atoms with Gasteiger partial charge in [-0.25, -0.2) is 15.0 Å². The van der Waals surface area contributed by atoms with Crippen molar-refractivity contribution in [3.05, 3.63) is 29.3 Å². The molecule has 0 amide bonds. The third-order valence-corrected chi connectivity index (χ3v) is 3.29. The molecule has 0 atom stereocenters. The van der Waals surface area contributed by atoms with Crippen molar-refractivity contribution < 1.29 is 0 Å². The van der Waals surface area contributed by atoms with Gasteiger partial charge in [-0.1, -0.05) is 18.0 Å². The molecule has 15 heavy (non-hydrogen) atoms. The van der Waals surface area contributed by atoms with E-state index < -0.39 is 0 Å². The highest BCUT2D eigenvalue weighted by Crippen LogP contribution is 2.35. The first-order valence-electron chi connectivity index (χ1n) is 5.12. The average molecular weight is 220 g/mol. The molecule has 0 radical (unpaired) electrons. The molecule has 1 saturated carbocycles. The topological polar surface area (TPSA) is 38.7 Å². The van der Waals surface area contributed by atoms with Crippen LogP contribution < -0.4 is 0 Å². The highest BCUT2D eigenvalue weighted by molar-refractivity contribution is 6.33. The molecule has 0 aliphatic heterocycles. The first-order valence-corrected chi connectivity index (χ1v) is 5.49. The first-order chi connectivity index (χ1) is 7.34. The van der Waals surface area contributed by atoms with Crippen molar-refractivity contribution in [1.29, 1.82) is 0 Å². The van der Waals surface area contributed by atoms with E-state index in [1.807, 2.05) is 12.1 Å². The number of hydrogen-bond donors (Lipinski definition) is 0. The van der Waals surface area contributed by atoms with Crippen molar-refractivity contribution in [1.82, 2.24) is 15.0 Å². The van der Waals surface area contributed by atoms with E-state index in [1.165, 1.54) is 25.6 Å². The molecule has 2 aromatic heterocycles. The molecule has 1 fully saturated rings. The Hall–Kier alpha value is -1.22. The summed E-state index contributed by atoms with van der Waals surface area (Å²) in [6.07, 6.45) is 5.27. The molecule has 3 nitrogen and oxygen atoms in total. The second-order valence-electron chi connectivity index (χ2n) is 3.90. The van der Waals surface area contributed by atoms with Crippen LogP contribution in [0.25, 0.3) is 11.0 Å². The van der Waals surface area contributed by atoms with Gasteiger partial charge in [-0.05, 0) is 25.0 Å². The van der Waals surface area contributed by atoms with Crippen LogP contribution in [0.1, 0.15) is 30.9 Å². The Morgan fingerprint density at radius 3 is 2.80 bits per heavy atom. The summed E-state index contributed by atoms with van der Waals surface area (Å²) < 4.78 is 0. The number of rotatable bonds is 1. The highest BCUT2D eigenvalue weighted by Gasteiger charge is 2.21. The van der Waals surface area contributed by atoms with Crippen LogP contribution in [0.2, 0.25) is 5.15 Å². The summed E-state index contributed by atoms with van der Waals surface area (Å²) in [6, 6.07) is 4.01. The van der Waals surface area contributed by atoms with Crippen molar-refractivity contribution in [3.63, 3.8) is 0 Å². The first kappa shape index (κ1) is 9.04. The molecular weight excluding hydrogens is 210 g/mol. The fraction of sp³-hybridized carbons (Fsp3) is 0.364. The average Bonchev–Trinajstić information content (AvgIpc) is 2.15. The molecule has 0 saturated heterocycles. The van der Waals surface area contributed by atoms with Crippen molar-refractivity contribution in [3.8, 4) is 0 Å². The van der Waals surface area contributed by atoms with Crippen molar-refractivity contribution in [2.75, 3.05) is 0 Å². The molecule has 0 aromatic carbocycles. The van der Waals surface area contributed by atoms with E-state index in [0.29, 0.717) is 16.7 Å². The summed E-state index contributed by atoms with van der Waals surface area (Å²) in [5.41, 5.74) is 1.85. The maximum absolute atomic E-state index is 5.95. The lowest BCUT2D eigenvalue weighted by molar-refractivity contribution is 0.412. The fourth-order valence-electron chi connectivity index (χ4n) is 1.86. The van der Waals surface area contributed by atoms with Crippen LogP contribution in [0.5, 0.6) is 0 Å². The Balaban J connectivity index is 2.13. The summed E-state index contributed by atoms with van der Waals surface area (Å²) in [5.74, 6) is 0.628. The zero-order chi connectivity index (χ0) is 10.3. The number of pyridine rings is 1. The Morgan fingerprint density at radius 2 is 2.07 bits per heavy atom. The molecule has 3 rings (SSSR count). The summed E-state index contributed by atoms with van der Waals surface area (Å²) in [5, 5.41) is 1.31. The zero-order valence-electron chi connectivity index (χ0n) is 8.15. The standard InChI is InChI=1S/C11H10ClN3/c12-10-8-4-5-9(7-2-1-3-7)15-11(8)14-6-13-10/h4-7H,1-3H2. The van der Waals surface area contributed by atoms with Crippen molar-refractivity contribution in [2.45, 2.75) is 25.2 Å². The largest absolute Gasteiger partial charge is 0.233 e. The summed E-state index contributed by atoms with van der Waals surface area (Å²) in [6.45, 7) is 0. The quantitative estimate of drug-likeness (QED) is 0.693. The monoisotopic (exact) mass is 219 g/mol. The Bertz CT molecular complexity index is 508. The lowest BCUT2D eigenvalue weighted by atomic mass is 9.83. The van der Waals surface area contributed by atoms with E-state index in [0.717, 1.165) is 11.1 Å². The van der Waals surface area contributed by atoms with Gasteiger partial charge in [0.1, 0.15) is 11.5 Å². The molecule has 2 aromatic rings. The smallest absolute Gasteiger partial charge is 0.164 e. The molecular formula is C11H10ClN3. The van der Waals surface area contributed by atoms with Crippen LogP contribution in [-0.4, -0.2) is 15.0 Å². The molecule has 76 valence electrons. The maximum Gasteiger partial charge on any atom is 0.164 e. The van der Waals surface area contributed by atoms with Gasteiger partial charge in [-0.2, -0.15) is 0 Å². The minimum Gasteiger partial charge on any atom is -0.233 e. The van der Waals surface area contributed by atoms with E-state index in [4.69, 9.17) is 11.6 Å². The second kappa shape index (κ2) is 3.42. The molecule has 1 aliphatic carbocycles. The molecule has 0 bridgehead atoms. The minimum absolute atomic E-state index is 0.479. The Morgan fingerprint density at radius 1 is 1.20 bits per heavy atom. The molecule has 0 unspecified atom stereocenters. The number of hydrogen-bond acceptors (Lipinski definition) is 3. The third-order valence-electron chi connectivity index (χ3n) is 2.99. The Labute approximate surface area is 92.5 Å².